The molecule has 0 spiro atoms. The molecule has 0 bridgehead atoms. The van der Waals surface area contributed by atoms with E-state index in [2.05, 4.69) is 65.4 Å². The van der Waals surface area contributed by atoms with E-state index in [0.29, 0.717) is 5.92 Å². The average Bonchev–Trinajstić information content (AvgIpc) is 2.68. The molecule has 2 aromatic carbocycles. The van der Waals surface area contributed by atoms with E-state index in [4.69, 9.17) is 17.0 Å². The molecule has 1 fully saturated rings. The molecule has 0 aliphatic carbocycles. The highest BCUT2D eigenvalue weighted by Crippen LogP contribution is 2.21. The van der Waals surface area contributed by atoms with Gasteiger partial charge < -0.3 is 19.9 Å². The maximum atomic E-state index is 5.61. The van der Waals surface area contributed by atoms with Gasteiger partial charge >= 0.3 is 0 Å². The normalized spacial score (nSPS) is 14.5. The van der Waals surface area contributed by atoms with Crippen LogP contribution in [0.25, 0.3) is 0 Å². The van der Waals surface area contributed by atoms with Crippen LogP contribution in [0.15, 0.2) is 48.5 Å². The maximum absolute atomic E-state index is 5.61. The summed E-state index contributed by atoms with van der Waals surface area (Å²) < 4.78 is 5.23. The van der Waals surface area contributed by atoms with Crippen molar-refractivity contribution in [2.75, 3.05) is 43.5 Å². The molecule has 0 unspecified atom stereocenters. The highest BCUT2D eigenvalue weighted by atomic mass is 32.1. The lowest BCUT2D eigenvalue weighted by molar-refractivity contribution is 0.390. The van der Waals surface area contributed by atoms with Crippen LogP contribution in [0.2, 0.25) is 0 Å². The lowest BCUT2D eigenvalue weighted by Crippen LogP contribution is -2.50. The summed E-state index contributed by atoms with van der Waals surface area (Å²) in [6, 6.07) is 16.8. The van der Waals surface area contributed by atoms with Crippen molar-refractivity contribution in [2.45, 2.75) is 19.8 Å². The van der Waals surface area contributed by atoms with E-state index in [9.17, 15) is 0 Å². The van der Waals surface area contributed by atoms with Crippen LogP contribution in [0.1, 0.15) is 25.3 Å². The van der Waals surface area contributed by atoms with Crippen LogP contribution in [0.5, 0.6) is 5.75 Å². The molecule has 26 heavy (non-hydrogen) atoms. The van der Waals surface area contributed by atoms with Crippen molar-refractivity contribution >= 4 is 28.7 Å². The van der Waals surface area contributed by atoms with Crippen molar-refractivity contribution in [1.82, 2.24) is 4.90 Å². The van der Waals surface area contributed by atoms with Crippen molar-refractivity contribution in [1.29, 1.82) is 0 Å². The van der Waals surface area contributed by atoms with Crippen molar-refractivity contribution in [3.8, 4) is 5.75 Å². The van der Waals surface area contributed by atoms with E-state index in [1.807, 2.05) is 12.1 Å². The number of thiocarbonyl (C=S) groups is 1. The predicted molar refractivity (Wildman–Crippen MR) is 114 cm³/mol. The molecule has 0 radical (unpaired) electrons. The minimum absolute atomic E-state index is 0.544. The molecule has 2 aromatic rings. The summed E-state index contributed by atoms with van der Waals surface area (Å²) in [5.74, 6) is 1.43. The fraction of sp³-hybridized carbons (Fsp3) is 0.381. The first-order valence-electron chi connectivity index (χ1n) is 9.11. The Balaban J connectivity index is 1.52. The Morgan fingerprint density at radius 3 is 2.12 bits per heavy atom. The maximum Gasteiger partial charge on any atom is 0.173 e. The van der Waals surface area contributed by atoms with Gasteiger partial charge in [-0.25, -0.2) is 0 Å². The molecule has 1 aliphatic rings. The fourth-order valence-electron chi connectivity index (χ4n) is 3.11. The molecule has 0 aromatic heterocycles. The molecular weight excluding hydrogens is 342 g/mol. The van der Waals surface area contributed by atoms with Crippen molar-refractivity contribution in [3.05, 3.63) is 54.1 Å². The smallest absolute Gasteiger partial charge is 0.173 e. The van der Waals surface area contributed by atoms with E-state index >= 15 is 0 Å². The molecule has 0 amide bonds. The van der Waals surface area contributed by atoms with Crippen LogP contribution in [0.4, 0.5) is 11.4 Å². The number of hydrogen-bond acceptors (Lipinski definition) is 3. The minimum atomic E-state index is 0.544. The summed E-state index contributed by atoms with van der Waals surface area (Å²) >= 11 is 5.61. The lowest BCUT2D eigenvalue weighted by atomic mass is 10.0. The molecule has 5 heteroatoms. The zero-order valence-electron chi connectivity index (χ0n) is 15.7. The number of nitrogens with one attached hydrogen (secondary N) is 1. The first kappa shape index (κ1) is 18.5. The number of nitrogens with zero attached hydrogens (tertiary/aromatic N) is 2. The monoisotopic (exact) mass is 369 g/mol. The predicted octanol–water partition coefficient (Wildman–Crippen LogP) is 4.34. The second kappa shape index (κ2) is 8.41. The van der Waals surface area contributed by atoms with Crippen LogP contribution < -0.4 is 15.0 Å². The van der Waals surface area contributed by atoms with Gasteiger partial charge in [-0.05, 0) is 60.1 Å². The third-order valence-corrected chi connectivity index (χ3v) is 5.19. The molecule has 1 N–H and O–H groups in total. The van der Waals surface area contributed by atoms with Crippen molar-refractivity contribution in [2.24, 2.45) is 0 Å². The van der Waals surface area contributed by atoms with Crippen LogP contribution in [-0.2, 0) is 0 Å². The Kier molecular flexibility index (Phi) is 5.99. The first-order chi connectivity index (χ1) is 12.6. The summed E-state index contributed by atoms with van der Waals surface area (Å²) in [5, 5.41) is 4.17. The van der Waals surface area contributed by atoms with Crippen molar-refractivity contribution < 1.29 is 4.74 Å². The number of methoxy groups -OCH3 is 1. The Bertz CT molecular complexity index is 720. The van der Waals surface area contributed by atoms with Crippen molar-refractivity contribution in [3.63, 3.8) is 0 Å². The van der Waals surface area contributed by atoms with Gasteiger partial charge in [0.25, 0.3) is 0 Å². The van der Waals surface area contributed by atoms with Gasteiger partial charge in [0.1, 0.15) is 5.75 Å². The molecule has 4 nitrogen and oxygen atoms in total. The van der Waals surface area contributed by atoms with Gasteiger partial charge in [0, 0.05) is 37.6 Å². The largest absolute Gasteiger partial charge is 0.497 e. The SMILES string of the molecule is COc1ccc(N2CCN(C(=S)Nc3ccc(C(C)C)cc3)CC2)cc1. The van der Waals surface area contributed by atoms with Gasteiger partial charge in [-0.15, -0.1) is 0 Å². The molecule has 0 saturated carbocycles. The van der Waals surface area contributed by atoms with Gasteiger partial charge in [0.2, 0.25) is 0 Å². The summed E-state index contributed by atoms with van der Waals surface area (Å²) in [6.45, 7) is 8.16. The second-order valence-electron chi connectivity index (χ2n) is 6.88. The van der Waals surface area contributed by atoms with Gasteiger partial charge in [0.15, 0.2) is 5.11 Å². The third-order valence-electron chi connectivity index (χ3n) is 4.83. The van der Waals surface area contributed by atoms with Crippen LogP contribution >= 0.6 is 12.2 Å². The van der Waals surface area contributed by atoms with E-state index < -0.39 is 0 Å². The molecule has 1 saturated heterocycles. The zero-order chi connectivity index (χ0) is 18.5. The molecule has 0 atom stereocenters. The highest BCUT2D eigenvalue weighted by molar-refractivity contribution is 7.80. The van der Waals surface area contributed by atoms with Crippen LogP contribution in [0.3, 0.4) is 0 Å². The van der Waals surface area contributed by atoms with Gasteiger partial charge in [-0.1, -0.05) is 26.0 Å². The topological polar surface area (TPSA) is 27.7 Å². The Labute approximate surface area is 161 Å². The zero-order valence-corrected chi connectivity index (χ0v) is 16.6. The first-order valence-corrected chi connectivity index (χ1v) is 9.52. The van der Waals surface area contributed by atoms with Gasteiger partial charge in [0.05, 0.1) is 7.11 Å². The summed E-state index contributed by atoms with van der Waals surface area (Å²) in [5.41, 5.74) is 3.63. The van der Waals surface area contributed by atoms with E-state index in [-0.39, 0.29) is 0 Å². The van der Waals surface area contributed by atoms with Crippen LogP contribution in [-0.4, -0.2) is 43.3 Å². The average molecular weight is 370 g/mol. The standard InChI is InChI=1S/C21H27N3OS/c1-16(2)17-4-6-18(7-5-17)22-21(26)24-14-12-23(13-15-24)19-8-10-20(25-3)11-9-19/h4-11,16H,12-15H2,1-3H3,(H,22,26). The Morgan fingerprint density at radius 2 is 1.58 bits per heavy atom. The Hall–Kier alpha value is -2.27. The number of benzene rings is 2. The minimum Gasteiger partial charge on any atom is -0.497 e. The number of anilines is 2. The lowest BCUT2D eigenvalue weighted by Gasteiger charge is -2.37. The third kappa shape index (κ3) is 4.47. The summed E-state index contributed by atoms with van der Waals surface area (Å²) in [6.07, 6.45) is 0. The number of ether oxygens (including phenoxy) is 1. The van der Waals surface area contributed by atoms with Gasteiger partial charge in [-0.2, -0.15) is 0 Å². The van der Waals surface area contributed by atoms with E-state index in [1.165, 1.54) is 11.3 Å². The fourth-order valence-corrected chi connectivity index (χ4v) is 3.42. The summed E-state index contributed by atoms with van der Waals surface area (Å²) in [4.78, 5) is 4.63. The molecule has 3 rings (SSSR count). The molecule has 1 aliphatic heterocycles. The molecular formula is C21H27N3OS. The number of rotatable bonds is 4. The Morgan fingerprint density at radius 1 is 0.962 bits per heavy atom. The summed E-state index contributed by atoms with van der Waals surface area (Å²) in [7, 11) is 1.69. The molecule has 1 heterocycles. The van der Waals surface area contributed by atoms with Crippen LogP contribution in [0, 0.1) is 0 Å². The quantitative estimate of drug-likeness (QED) is 0.810. The van der Waals surface area contributed by atoms with Gasteiger partial charge in [-0.3, -0.25) is 0 Å². The second-order valence-corrected chi connectivity index (χ2v) is 7.27. The number of hydrogen-bond donors (Lipinski definition) is 1. The number of piperazine rings is 1. The van der Waals surface area contributed by atoms with E-state index in [1.54, 1.807) is 7.11 Å². The highest BCUT2D eigenvalue weighted by Gasteiger charge is 2.19. The molecule has 138 valence electrons. The van der Waals surface area contributed by atoms with E-state index in [0.717, 1.165) is 42.7 Å².